The molecule has 0 bridgehead atoms. The number of nitrogen functional groups attached to an aromatic ring is 1. The molecule has 1 unspecified atom stereocenters. The number of thiazole rings is 1. The van der Waals surface area contributed by atoms with Crippen LogP contribution >= 0.6 is 11.3 Å². The van der Waals surface area contributed by atoms with Gasteiger partial charge < -0.3 is 10.6 Å². The molecule has 16 heavy (non-hydrogen) atoms. The lowest BCUT2D eigenvalue weighted by Crippen LogP contribution is -2.24. The number of likely N-dealkylation sites (tertiary alicyclic amines) is 1. The molecule has 0 radical (unpaired) electrons. The van der Waals surface area contributed by atoms with Crippen molar-refractivity contribution in [3.63, 3.8) is 0 Å². The Balaban J connectivity index is 1.75. The number of nitrogens with zero attached hydrogens (tertiary/aromatic N) is 2. The van der Waals surface area contributed by atoms with E-state index in [1.165, 1.54) is 19.5 Å². The zero-order valence-corrected chi connectivity index (χ0v) is 11.0. The molecule has 0 spiro atoms. The van der Waals surface area contributed by atoms with Gasteiger partial charge in [0.25, 0.3) is 0 Å². The second kappa shape index (κ2) is 5.15. The maximum absolute atomic E-state index is 5.62. The standard InChI is InChI=1S/C12H21N3S/c1-9(2)10-3-5-15(7-10)6-4-11-8-16-12(13)14-11/h8-10H,3-7H2,1-2H3,(H2,13,14). The van der Waals surface area contributed by atoms with Gasteiger partial charge in [0.1, 0.15) is 0 Å². The molecule has 3 nitrogen and oxygen atoms in total. The summed E-state index contributed by atoms with van der Waals surface area (Å²) in [6, 6.07) is 0. The van der Waals surface area contributed by atoms with E-state index >= 15 is 0 Å². The lowest BCUT2D eigenvalue weighted by molar-refractivity contribution is 0.306. The summed E-state index contributed by atoms with van der Waals surface area (Å²) in [6.07, 6.45) is 2.40. The summed E-state index contributed by atoms with van der Waals surface area (Å²) in [7, 11) is 0. The molecular formula is C12H21N3S. The van der Waals surface area contributed by atoms with Crippen LogP contribution in [0.5, 0.6) is 0 Å². The van der Waals surface area contributed by atoms with Gasteiger partial charge in [0.2, 0.25) is 0 Å². The summed E-state index contributed by atoms with van der Waals surface area (Å²) in [5, 5.41) is 2.77. The number of anilines is 1. The lowest BCUT2D eigenvalue weighted by atomic mass is 9.95. The lowest BCUT2D eigenvalue weighted by Gasteiger charge is -2.17. The van der Waals surface area contributed by atoms with Gasteiger partial charge in [-0.15, -0.1) is 11.3 Å². The van der Waals surface area contributed by atoms with E-state index in [2.05, 4.69) is 29.1 Å². The summed E-state index contributed by atoms with van der Waals surface area (Å²) in [5.74, 6) is 1.71. The fourth-order valence-corrected chi connectivity index (χ4v) is 2.92. The van der Waals surface area contributed by atoms with E-state index in [1.54, 1.807) is 11.3 Å². The second-order valence-electron chi connectivity index (χ2n) is 5.02. The van der Waals surface area contributed by atoms with E-state index in [-0.39, 0.29) is 0 Å². The average molecular weight is 239 g/mol. The highest BCUT2D eigenvalue weighted by molar-refractivity contribution is 7.13. The van der Waals surface area contributed by atoms with Crippen LogP contribution in [0.1, 0.15) is 26.0 Å². The van der Waals surface area contributed by atoms with Crippen molar-refractivity contribution in [2.75, 3.05) is 25.4 Å². The van der Waals surface area contributed by atoms with E-state index in [0.717, 1.165) is 30.5 Å². The zero-order valence-electron chi connectivity index (χ0n) is 10.1. The topological polar surface area (TPSA) is 42.1 Å². The molecule has 2 rings (SSSR count). The van der Waals surface area contributed by atoms with Gasteiger partial charge in [0, 0.05) is 24.9 Å². The molecule has 1 saturated heterocycles. The van der Waals surface area contributed by atoms with Gasteiger partial charge in [0.05, 0.1) is 5.69 Å². The van der Waals surface area contributed by atoms with Crippen molar-refractivity contribution >= 4 is 16.5 Å². The first-order chi connectivity index (χ1) is 7.65. The van der Waals surface area contributed by atoms with Crippen molar-refractivity contribution in [3.8, 4) is 0 Å². The molecule has 4 heteroatoms. The Morgan fingerprint density at radius 1 is 1.62 bits per heavy atom. The predicted molar refractivity (Wildman–Crippen MR) is 69.6 cm³/mol. The summed E-state index contributed by atoms with van der Waals surface area (Å²) in [5.41, 5.74) is 6.77. The fourth-order valence-electron chi connectivity index (χ4n) is 2.32. The van der Waals surface area contributed by atoms with Crippen molar-refractivity contribution < 1.29 is 0 Å². The fraction of sp³-hybridized carbons (Fsp3) is 0.750. The third-order valence-corrected chi connectivity index (χ3v) is 4.23. The summed E-state index contributed by atoms with van der Waals surface area (Å²) >= 11 is 1.54. The van der Waals surface area contributed by atoms with Crippen molar-refractivity contribution in [1.82, 2.24) is 9.88 Å². The van der Waals surface area contributed by atoms with Crippen LogP contribution in [0, 0.1) is 11.8 Å². The average Bonchev–Trinajstić information content (AvgIpc) is 2.83. The second-order valence-corrected chi connectivity index (χ2v) is 5.91. The minimum atomic E-state index is 0.691. The summed E-state index contributed by atoms with van der Waals surface area (Å²) in [4.78, 5) is 6.85. The van der Waals surface area contributed by atoms with Crippen LogP contribution in [-0.4, -0.2) is 29.5 Å². The molecule has 1 aromatic rings. The molecule has 0 aromatic carbocycles. The van der Waals surface area contributed by atoms with Gasteiger partial charge >= 0.3 is 0 Å². The van der Waals surface area contributed by atoms with Crippen LogP contribution in [0.2, 0.25) is 0 Å². The van der Waals surface area contributed by atoms with Crippen LogP contribution in [0.4, 0.5) is 5.13 Å². The third kappa shape index (κ3) is 2.95. The monoisotopic (exact) mass is 239 g/mol. The molecule has 0 aliphatic carbocycles. The Morgan fingerprint density at radius 3 is 3.00 bits per heavy atom. The third-order valence-electron chi connectivity index (χ3n) is 3.51. The molecule has 1 aliphatic rings. The Labute approximate surface area is 102 Å². The van der Waals surface area contributed by atoms with E-state index in [9.17, 15) is 0 Å². The Morgan fingerprint density at radius 2 is 2.44 bits per heavy atom. The quantitative estimate of drug-likeness (QED) is 0.876. The maximum atomic E-state index is 5.62. The predicted octanol–water partition coefficient (Wildman–Crippen LogP) is 2.25. The first kappa shape index (κ1) is 11.9. The van der Waals surface area contributed by atoms with Crippen molar-refractivity contribution in [2.45, 2.75) is 26.7 Å². The molecule has 2 heterocycles. The van der Waals surface area contributed by atoms with Crippen LogP contribution in [0.15, 0.2) is 5.38 Å². The highest BCUT2D eigenvalue weighted by Crippen LogP contribution is 2.23. The number of hydrogen-bond acceptors (Lipinski definition) is 4. The van der Waals surface area contributed by atoms with E-state index in [0.29, 0.717) is 5.13 Å². The Kier molecular flexibility index (Phi) is 3.82. The first-order valence-electron chi connectivity index (χ1n) is 6.07. The number of nitrogens with two attached hydrogens (primary N) is 1. The van der Waals surface area contributed by atoms with Crippen molar-refractivity contribution in [3.05, 3.63) is 11.1 Å². The summed E-state index contributed by atoms with van der Waals surface area (Å²) < 4.78 is 0. The van der Waals surface area contributed by atoms with Crippen molar-refractivity contribution in [1.29, 1.82) is 0 Å². The van der Waals surface area contributed by atoms with Crippen LogP contribution in [-0.2, 0) is 6.42 Å². The highest BCUT2D eigenvalue weighted by atomic mass is 32.1. The minimum Gasteiger partial charge on any atom is -0.375 e. The molecule has 1 aromatic heterocycles. The minimum absolute atomic E-state index is 0.691. The largest absolute Gasteiger partial charge is 0.375 e. The van der Waals surface area contributed by atoms with Gasteiger partial charge in [-0.25, -0.2) is 4.98 Å². The molecule has 0 amide bonds. The van der Waals surface area contributed by atoms with Crippen LogP contribution in [0.25, 0.3) is 0 Å². The normalized spacial score (nSPS) is 22.1. The molecule has 1 fully saturated rings. The summed E-state index contributed by atoms with van der Waals surface area (Å²) in [6.45, 7) is 8.30. The molecule has 90 valence electrons. The van der Waals surface area contributed by atoms with Gasteiger partial charge in [-0.05, 0) is 24.8 Å². The maximum Gasteiger partial charge on any atom is 0.180 e. The smallest absolute Gasteiger partial charge is 0.180 e. The molecule has 2 N–H and O–H groups in total. The SMILES string of the molecule is CC(C)C1CCN(CCc2csc(N)n2)C1. The van der Waals surface area contributed by atoms with E-state index in [4.69, 9.17) is 5.73 Å². The highest BCUT2D eigenvalue weighted by Gasteiger charge is 2.24. The Bertz CT molecular complexity index is 335. The first-order valence-corrected chi connectivity index (χ1v) is 6.95. The van der Waals surface area contributed by atoms with Crippen molar-refractivity contribution in [2.24, 2.45) is 11.8 Å². The number of rotatable bonds is 4. The van der Waals surface area contributed by atoms with E-state index < -0.39 is 0 Å². The van der Waals surface area contributed by atoms with Gasteiger partial charge in [0.15, 0.2) is 5.13 Å². The van der Waals surface area contributed by atoms with E-state index in [1.807, 2.05) is 0 Å². The van der Waals surface area contributed by atoms with Gasteiger partial charge in [-0.1, -0.05) is 13.8 Å². The van der Waals surface area contributed by atoms with Crippen LogP contribution < -0.4 is 5.73 Å². The Hall–Kier alpha value is -0.610. The zero-order chi connectivity index (χ0) is 11.5. The number of aromatic nitrogens is 1. The molecule has 0 saturated carbocycles. The molecular weight excluding hydrogens is 218 g/mol. The van der Waals surface area contributed by atoms with Gasteiger partial charge in [-0.2, -0.15) is 0 Å². The number of hydrogen-bond donors (Lipinski definition) is 1. The molecule has 1 aliphatic heterocycles. The van der Waals surface area contributed by atoms with Gasteiger partial charge in [-0.3, -0.25) is 0 Å². The molecule has 1 atom stereocenters. The van der Waals surface area contributed by atoms with Crippen LogP contribution in [0.3, 0.4) is 0 Å².